The molecule has 0 saturated heterocycles. The molecule has 0 bridgehead atoms. The van der Waals surface area contributed by atoms with Crippen LogP contribution in [0.2, 0.25) is 0 Å². The second kappa shape index (κ2) is 4.17. The molecule has 2 N–H and O–H groups in total. The molecule has 2 aromatic rings. The van der Waals surface area contributed by atoms with E-state index in [9.17, 15) is 13.6 Å². The van der Waals surface area contributed by atoms with Crippen LogP contribution in [0.4, 0.5) is 14.5 Å². The van der Waals surface area contributed by atoms with Gasteiger partial charge in [0.2, 0.25) is 0 Å². The van der Waals surface area contributed by atoms with Crippen LogP contribution in [0.1, 0.15) is 6.42 Å². The first-order valence-corrected chi connectivity index (χ1v) is 5.97. The van der Waals surface area contributed by atoms with Gasteiger partial charge in [-0.15, -0.1) is 23.7 Å². The summed E-state index contributed by atoms with van der Waals surface area (Å²) in [6, 6.07) is 0. The number of aromatic nitrogens is 2. The summed E-state index contributed by atoms with van der Waals surface area (Å²) in [7, 11) is 0. The quantitative estimate of drug-likeness (QED) is 0.922. The van der Waals surface area contributed by atoms with Crippen molar-refractivity contribution in [3.63, 3.8) is 0 Å². The van der Waals surface area contributed by atoms with Crippen molar-refractivity contribution in [1.82, 2.24) is 9.78 Å². The van der Waals surface area contributed by atoms with Gasteiger partial charge in [-0.05, 0) is 0 Å². The summed E-state index contributed by atoms with van der Waals surface area (Å²) in [6.45, 7) is -0.0446. The lowest BCUT2D eigenvalue weighted by Crippen LogP contribution is -2.24. The van der Waals surface area contributed by atoms with Crippen LogP contribution in [0.25, 0.3) is 10.1 Å². The lowest BCUT2D eigenvalue weighted by atomic mass is 10.3. The summed E-state index contributed by atoms with van der Waals surface area (Å²) < 4.78 is 27.3. The van der Waals surface area contributed by atoms with Crippen LogP contribution in [0, 0.1) is 5.92 Å². The number of alkyl halides is 2. The van der Waals surface area contributed by atoms with Crippen molar-refractivity contribution in [3.05, 3.63) is 21.9 Å². The highest BCUT2D eigenvalue weighted by Crippen LogP contribution is 2.49. The van der Waals surface area contributed by atoms with E-state index in [1.165, 1.54) is 17.5 Å². The minimum absolute atomic E-state index is 0. The third-order valence-electron chi connectivity index (χ3n) is 2.96. The molecule has 0 radical (unpaired) electrons. The van der Waals surface area contributed by atoms with E-state index in [0.717, 1.165) is 4.68 Å². The number of fused-ring (bicyclic) bond motifs is 1. The zero-order valence-electron chi connectivity index (χ0n) is 9.10. The summed E-state index contributed by atoms with van der Waals surface area (Å²) in [6.07, 6.45) is 1.33. The minimum atomic E-state index is -2.64. The molecule has 1 atom stereocenters. The van der Waals surface area contributed by atoms with E-state index >= 15 is 0 Å². The maximum absolute atomic E-state index is 12.8. The van der Waals surface area contributed by atoms with E-state index in [-0.39, 0.29) is 30.9 Å². The first-order chi connectivity index (χ1) is 7.99. The van der Waals surface area contributed by atoms with Gasteiger partial charge in [0.15, 0.2) is 0 Å². The Hall–Kier alpha value is -1.21. The molecule has 4 nitrogen and oxygen atoms in total. The van der Waals surface area contributed by atoms with E-state index in [1.54, 1.807) is 5.38 Å². The predicted molar refractivity (Wildman–Crippen MR) is 68.6 cm³/mol. The molecule has 2 heterocycles. The first-order valence-electron chi connectivity index (χ1n) is 5.09. The Morgan fingerprint density at radius 1 is 1.61 bits per heavy atom. The van der Waals surface area contributed by atoms with Gasteiger partial charge in [-0.25, -0.2) is 13.5 Å². The third kappa shape index (κ3) is 1.97. The average molecular weight is 294 g/mol. The van der Waals surface area contributed by atoms with Crippen molar-refractivity contribution in [2.75, 3.05) is 5.73 Å². The Morgan fingerprint density at radius 2 is 2.28 bits per heavy atom. The molecule has 1 unspecified atom stereocenters. The smallest absolute Gasteiger partial charge is 0.277 e. The van der Waals surface area contributed by atoms with Gasteiger partial charge in [-0.1, -0.05) is 0 Å². The van der Waals surface area contributed by atoms with Crippen molar-refractivity contribution in [2.24, 2.45) is 5.92 Å². The van der Waals surface area contributed by atoms with Crippen molar-refractivity contribution in [1.29, 1.82) is 0 Å². The Bertz CT molecular complexity index is 654. The van der Waals surface area contributed by atoms with Gasteiger partial charge >= 0.3 is 0 Å². The summed E-state index contributed by atoms with van der Waals surface area (Å²) >= 11 is 1.32. The molecule has 0 aromatic carbocycles. The van der Waals surface area contributed by atoms with Crippen LogP contribution >= 0.6 is 23.7 Å². The van der Waals surface area contributed by atoms with E-state index in [1.807, 2.05) is 0 Å². The molecule has 1 aliphatic carbocycles. The van der Waals surface area contributed by atoms with Crippen LogP contribution in [-0.4, -0.2) is 15.7 Å². The third-order valence-corrected chi connectivity index (χ3v) is 3.89. The topological polar surface area (TPSA) is 60.9 Å². The minimum Gasteiger partial charge on any atom is -0.397 e. The maximum atomic E-state index is 12.8. The lowest BCUT2D eigenvalue weighted by molar-refractivity contribution is 0.0939. The van der Waals surface area contributed by atoms with E-state index in [4.69, 9.17) is 5.73 Å². The molecule has 3 rings (SSSR count). The molecule has 18 heavy (non-hydrogen) atoms. The van der Waals surface area contributed by atoms with Crippen LogP contribution < -0.4 is 11.3 Å². The van der Waals surface area contributed by atoms with Crippen LogP contribution in [0.3, 0.4) is 0 Å². The van der Waals surface area contributed by atoms with Crippen LogP contribution in [-0.2, 0) is 6.54 Å². The largest absolute Gasteiger partial charge is 0.397 e. The van der Waals surface area contributed by atoms with Crippen molar-refractivity contribution >= 4 is 39.5 Å². The molecule has 1 fully saturated rings. The summed E-state index contributed by atoms with van der Waals surface area (Å²) in [4.78, 5) is 12.0. The van der Waals surface area contributed by atoms with Gasteiger partial charge in [0.25, 0.3) is 11.5 Å². The number of thiophene rings is 1. The maximum Gasteiger partial charge on any atom is 0.277 e. The van der Waals surface area contributed by atoms with Crippen LogP contribution in [0.15, 0.2) is 16.4 Å². The number of nitrogens with two attached hydrogens (primary N) is 1. The molecule has 2 aromatic heterocycles. The normalized spacial score (nSPS) is 20.7. The summed E-state index contributed by atoms with van der Waals surface area (Å²) in [5.41, 5.74) is 5.66. The SMILES string of the molecule is Cl.Nc1csc2cnn(CC3CC3(F)F)c(=O)c12. The fourth-order valence-electron chi connectivity index (χ4n) is 1.82. The van der Waals surface area contributed by atoms with Crippen molar-refractivity contribution in [2.45, 2.75) is 18.9 Å². The Balaban J connectivity index is 0.00000120. The number of nitrogen functional groups attached to an aromatic ring is 1. The van der Waals surface area contributed by atoms with E-state index in [0.29, 0.717) is 15.8 Å². The monoisotopic (exact) mass is 293 g/mol. The molecule has 0 amide bonds. The van der Waals surface area contributed by atoms with Crippen LogP contribution in [0.5, 0.6) is 0 Å². The van der Waals surface area contributed by atoms with E-state index < -0.39 is 11.8 Å². The second-order valence-corrected chi connectivity index (χ2v) is 5.14. The number of hydrogen-bond donors (Lipinski definition) is 1. The van der Waals surface area contributed by atoms with Gasteiger partial charge in [0, 0.05) is 17.7 Å². The highest BCUT2D eigenvalue weighted by molar-refractivity contribution is 7.17. The first kappa shape index (κ1) is 13.2. The molecule has 1 aliphatic rings. The molecular weight excluding hydrogens is 284 g/mol. The summed E-state index contributed by atoms with van der Waals surface area (Å²) in [5.74, 6) is -3.42. The van der Waals surface area contributed by atoms with Gasteiger partial charge in [0.1, 0.15) is 0 Å². The fraction of sp³-hybridized carbons (Fsp3) is 0.400. The summed E-state index contributed by atoms with van der Waals surface area (Å²) in [5, 5.41) is 5.93. The number of anilines is 1. The molecule has 8 heteroatoms. The lowest BCUT2D eigenvalue weighted by Gasteiger charge is -2.03. The Kier molecular flexibility index (Phi) is 3.06. The Labute approximate surface area is 111 Å². The predicted octanol–water partition coefficient (Wildman–Crippen LogP) is 2.12. The average Bonchev–Trinajstić information content (AvgIpc) is 2.69. The van der Waals surface area contributed by atoms with Crippen molar-refractivity contribution < 1.29 is 8.78 Å². The molecule has 98 valence electrons. The Morgan fingerprint density at radius 3 is 2.89 bits per heavy atom. The molecular formula is C10H10ClF2N3OS. The number of nitrogens with zero attached hydrogens (tertiary/aromatic N) is 2. The second-order valence-electron chi connectivity index (χ2n) is 4.22. The molecule has 0 spiro atoms. The fourth-order valence-corrected chi connectivity index (χ4v) is 2.62. The molecule has 0 aliphatic heterocycles. The highest BCUT2D eigenvalue weighted by Gasteiger charge is 2.57. The van der Waals surface area contributed by atoms with Gasteiger partial charge < -0.3 is 5.73 Å². The van der Waals surface area contributed by atoms with Gasteiger partial charge in [0.05, 0.1) is 28.5 Å². The number of halogens is 3. The van der Waals surface area contributed by atoms with Gasteiger partial charge in [-0.2, -0.15) is 5.10 Å². The standard InChI is InChI=1S/C10H9F2N3OS.ClH/c11-10(12)1-5(10)3-15-9(16)8-6(13)4-17-7(8)2-14-15;/h2,4-5H,1,3,13H2;1H. The molecule has 1 saturated carbocycles. The highest BCUT2D eigenvalue weighted by atomic mass is 35.5. The van der Waals surface area contributed by atoms with Crippen molar-refractivity contribution in [3.8, 4) is 0 Å². The zero-order chi connectivity index (χ0) is 12.2. The number of rotatable bonds is 2. The zero-order valence-corrected chi connectivity index (χ0v) is 10.7. The van der Waals surface area contributed by atoms with Gasteiger partial charge in [-0.3, -0.25) is 4.79 Å². The number of hydrogen-bond acceptors (Lipinski definition) is 4. The van der Waals surface area contributed by atoms with E-state index in [2.05, 4.69) is 5.10 Å².